The van der Waals surface area contributed by atoms with Gasteiger partial charge in [0.15, 0.2) is 17.4 Å². The summed E-state index contributed by atoms with van der Waals surface area (Å²) in [5.74, 6) is -0.0927. The van der Waals surface area contributed by atoms with Crippen molar-refractivity contribution in [2.45, 2.75) is 121 Å². The molecular formula is C26H46N5O7PS. The largest absolute Gasteiger partial charge is 0.394 e. The fourth-order valence-electron chi connectivity index (χ4n) is 5.19. The molecule has 1 fully saturated rings. The van der Waals surface area contributed by atoms with Crippen LogP contribution in [0.5, 0.6) is 0 Å². The molecule has 6 N–H and O–H groups in total. The number of aromatic amines is 1. The monoisotopic (exact) mass is 603 g/mol. The Bertz CT molecular complexity index is 1130. The standard InChI is InChI=1S/C26H46N5O7PS/c1-2-3-4-5-6-7-8-9-10-11-12-13-14-15-16-36-22-21(38-39(34,35)40)19(17-32)37-25(22)31-18-28-20-23(31)29-26(27)30-24(20)33/h18-19,21-22,25,32H,2-17H2,1H3,(H2,34,35,40)(H3,27,29,30,33)/t19-,21-,22-,25-/m1/s1. The van der Waals surface area contributed by atoms with E-state index in [1.165, 1.54) is 81.5 Å². The molecule has 1 aliphatic rings. The van der Waals surface area contributed by atoms with Gasteiger partial charge >= 0.3 is 6.72 Å². The second-order valence-corrected chi connectivity index (χ2v) is 13.1. The number of hydrogen-bond acceptors (Lipinski definition) is 9. The predicted molar refractivity (Wildman–Crippen MR) is 157 cm³/mol. The lowest BCUT2D eigenvalue weighted by Gasteiger charge is -2.26. The third kappa shape index (κ3) is 10.1. The zero-order chi connectivity index (χ0) is 29.0. The van der Waals surface area contributed by atoms with Crippen LogP contribution in [0.15, 0.2) is 11.1 Å². The van der Waals surface area contributed by atoms with Gasteiger partial charge in [-0.3, -0.25) is 18.9 Å². The van der Waals surface area contributed by atoms with E-state index in [1.807, 2.05) is 0 Å². The molecule has 3 rings (SSSR count). The normalized spacial score (nSPS) is 21.5. The van der Waals surface area contributed by atoms with Crippen molar-refractivity contribution in [3.05, 3.63) is 16.7 Å². The fraction of sp³-hybridized carbons (Fsp3) is 0.808. The van der Waals surface area contributed by atoms with Crippen molar-refractivity contribution in [2.75, 3.05) is 18.9 Å². The molecule has 0 saturated carbocycles. The zero-order valence-corrected chi connectivity index (χ0v) is 25.2. The van der Waals surface area contributed by atoms with E-state index >= 15 is 0 Å². The predicted octanol–water partition coefficient (Wildman–Crippen LogP) is 4.05. The first-order valence-electron chi connectivity index (χ1n) is 14.6. The van der Waals surface area contributed by atoms with Gasteiger partial charge in [0.05, 0.1) is 12.9 Å². The Morgan fingerprint density at radius 1 is 1.02 bits per heavy atom. The van der Waals surface area contributed by atoms with Crippen molar-refractivity contribution in [3.63, 3.8) is 0 Å². The molecule has 0 spiro atoms. The second-order valence-electron chi connectivity index (χ2n) is 10.5. The van der Waals surface area contributed by atoms with Crippen LogP contribution in [-0.2, 0) is 25.8 Å². The Hall–Kier alpha value is -1.44. The molecule has 2 aromatic rings. The smallest absolute Gasteiger partial charge is 0.322 e. The minimum atomic E-state index is -4.10. The lowest BCUT2D eigenvalue weighted by atomic mass is 10.0. The topological polar surface area (TPSA) is 178 Å². The average Bonchev–Trinajstić information content (AvgIpc) is 3.46. The molecule has 0 aliphatic carbocycles. The van der Waals surface area contributed by atoms with Crippen molar-refractivity contribution >= 4 is 35.6 Å². The number of H-pyrrole nitrogens is 1. The van der Waals surface area contributed by atoms with E-state index in [4.69, 9.17) is 19.7 Å². The number of rotatable bonds is 20. The number of nitrogen functional groups attached to an aromatic ring is 1. The summed E-state index contributed by atoms with van der Waals surface area (Å²) in [6.07, 6.45) is 14.9. The van der Waals surface area contributed by atoms with Gasteiger partial charge in [-0.1, -0.05) is 90.4 Å². The molecule has 0 bridgehead atoms. The highest BCUT2D eigenvalue weighted by Gasteiger charge is 2.49. The molecule has 0 unspecified atom stereocenters. The molecular weight excluding hydrogens is 557 g/mol. The van der Waals surface area contributed by atoms with E-state index in [0.717, 1.165) is 19.3 Å². The van der Waals surface area contributed by atoms with Gasteiger partial charge in [0.1, 0.15) is 18.3 Å². The molecule has 228 valence electrons. The van der Waals surface area contributed by atoms with Gasteiger partial charge in [-0.15, -0.1) is 0 Å². The third-order valence-corrected chi connectivity index (χ3v) is 8.03. The molecule has 0 amide bonds. The molecule has 40 heavy (non-hydrogen) atoms. The van der Waals surface area contributed by atoms with E-state index in [2.05, 4.69) is 33.7 Å². The Morgan fingerprint density at radius 2 is 1.60 bits per heavy atom. The Labute approximate surface area is 240 Å². The van der Waals surface area contributed by atoms with Crippen LogP contribution in [0.3, 0.4) is 0 Å². The number of aromatic nitrogens is 4. The number of aliphatic hydroxyl groups excluding tert-OH is 1. The van der Waals surface area contributed by atoms with Crippen molar-refractivity contribution < 1.29 is 28.9 Å². The van der Waals surface area contributed by atoms with Gasteiger partial charge in [-0.05, 0) is 18.2 Å². The number of ether oxygens (including phenoxy) is 2. The first-order valence-corrected chi connectivity index (χ1v) is 17.2. The summed E-state index contributed by atoms with van der Waals surface area (Å²) in [5.41, 5.74) is 5.45. The maximum atomic E-state index is 12.2. The molecule has 3 heterocycles. The number of anilines is 1. The van der Waals surface area contributed by atoms with Gasteiger partial charge in [0, 0.05) is 6.61 Å². The Morgan fingerprint density at radius 3 is 2.15 bits per heavy atom. The van der Waals surface area contributed by atoms with Gasteiger partial charge < -0.3 is 30.1 Å². The second kappa shape index (κ2) is 16.9. The molecule has 12 nitrogen and oxygen atoms in total. The van der Waals surface area contributed by atoms with E-state index in [-0.39, 0.29) is 17.1 Å². The summed E-state index contributed by atoms with van der Waals surface area (Å²) in [7, 11) is 0. The molecule has 1 saturated heterocycles. The first kappa shape index (κ1) is 33.1. The van der Waals surface area contributed by atoms with E-state index < -0.39 is 43.4 Å². The van der Waals surface area contributed by atoms with Crippen LogP contribution in [-0.4, -0.2) is 65.9 Å². The van der Waals surface area contributed by atoms with Crippen LogP contribution in [0.4, 0.5) is 5.95 Å². The minimum absolute atomic E-state index is 0.0582. The maximum Gasteiger partial charge on any atom is 0.322 e. The van der Waals surface area contributed by atoms with Crippen molar-refractivity contribution in [1.29, 1.82) is 0 Å². The van der Waals surface area contributed by atoms with Crippen molar-refractivity contribution in [1.82, 2.24) is 19.5 Å². The Balaban J connectivity index is 1.48. The van der Waals surface area contributed by atoms with Crippen LogP contribution in [0.25, 0.3) is 11.2 Å². The zero-order valence-electron chi connectivity index (χ0n) is 23.4. The van der Waals surface area contributed by atoms with Crippen LogP contribution < -0.4 is 11.3 Å². The number of hydrogen-bond donors (Lipinski definition) is 5. The average molecular weight is 604 g/mol. The van der Waals surface area contributed by atoms with Gasteiger partial charge in [-0.25, -0.2) is 4.98 Å². The molecule has 14 heteroatoms. The summed E-state index contributed by atoms with van der Waals surface area (Å²) in [5, 5.41) is 9.91. The van der Waals surface area contributed by atoms with Gasteiger partial charge in [0.25, 0.3) is 5.56 Å². The van der Waals surface area contributed by atoms with Crippen LogP contribution >= 0.6 is 6.72 Å². The third-order valence-electron chi connectivity index (χ3n) is 7.26. The van der Waals surface area contributed by atoms with Crippen LogP contribution in [0.2, 0.25) is 0 Å². The lowest BCUT2D eigenvalue weighted by Crippen LogP contribution is -2.37. The number of fused-ring (bicyclic) bond motifs is 1. The molecule has 1 aliphatic heterocycles. The van der Waals surface area contributed by atoms with Crippen molar-refractivity contribution in [3.8, 4) is 0 Å². The highest BCUT2D eigenvalue weighted by atomic mass is 32.5. The quantitative estimate of drug-likeness (QED) is 0.109. The summed E-state index contributed by atoms with van der Waals surface area (Å²) in [6, 6.07) is 0. The number of aliphatic hydroxyl groups is 1. The lowest BCUT2D eigenvalue weighted by molar-refractivity contribution is -0.0706. The molecule has 4 atom stereocenters. The summed E-state index contributed by atoms with van der Waals surface area (Å²) >= 11 is 4.69. The van der Waals surface area contributed by atoms with Crippen molar-refractivity contribution in [2.24, 2.45) is 0 Å². The highest BCUT2D eigenvalue weighted by molar-refractivity contribution is 8.06. The highest BCUT2D eigenvalue weighted by Crippen LogP contribution is 2.45. The number of nitrogens with one attached hydrogen (secondary N) is 1. The number of nitrogens with two attached hydrogens (primary N) is 1. The first-order chi connectivity index (χ1) is 19.2. The van der Waals surface area contributed by atoms with E-state index in [9.17, 15) is 19.7 Å². The van der Waals surface area contributed by atoms with Gasteiger partial charge in [0.2, 0.25) is 5.95 Å². The Kier molecular flexibility index (Phi) is 13.9. The molecule has 0 aromatic carbocycles. The summed E-state index contributed by atoms with van der Waals surface area (Å²) in [6.45, 7) is -1.96. The SMILES string of the molecule is CCCCCCCCCCCCCCCCO[C@@H]1[C@H](OP(O)(O)=S)[C@@H](CO)O[C@H]1n1cnc2c(=O)[nH]c(N)nc21. The van der Waals surface area contributed by atoms with Gasteiger partial charge in [-0.2, -0.15) is 4.98 Å². The van der Waals surface area contributed by atoms with Crippen LogP contribution in [0, 0.1) is 0 Å². The van der Waals surface area contributed by atoms with Crippen LogP contribution in [0.1, 0.15) is 103 Å². The summed E-state index contributed by atoms with van der Waals surface area (Å²) in [4.78, 5) is 42.6. The summed E-state index contributed by atoms with van der Waals surface area (Å²) < 4.78 is 18.9. The molecule has 0 radical (unpaired) electrons. The maximum absolute atomic E-state index is 12.2. The van der Waals surface area contributed by atoms with E-state index in [0.29, 0.717) is 6.61 Å². The number of nitrogens with zero attached hydrogens (tertiary/aromatic N) is 3. The van der Waals surface area contributed by atoms with E-state index in [1.54, 1.807) is 0 Å². The minimum Gasteiger partial charge on any atom is -0.394 e. The number of imidazole rings is 1. The molecule has 2 aromatic heterocycles. The fourth-order valence-corrected chi connectivity index (χ4v) is 6.06. The number of unbranched alkanes of at least 4 members (excludes halogenated alkanes) is 13.